The van der Waals surface area contributed by atoms with Crippen LogP contribution in [0.3, 0.4) is 0 Å². The first kappa shape index (κ1) is 11.8. The van der Waals surface area contributed by atoms with Crippen LogP contribution in [0.25, 0.3) is 5.82 Å². The molecule has 0 spiro atoms. The fraction of sp³-hybridized carbons (Fsp3) is 0.167. The van der Waals surface area contributed by atoms with Crippen molar-refractivity contribution in [2.45, 2.75) is 0 Å². The predicted octanol–water partition coefficient (Wildman–Crippen LogP) is 0.841. The Balaban J connectivity index is 2.42. The summed E-state index contributed by atoms with van der Waals surface area (Å²) in [7, 11) is 3.31. The Hall–Kier alpha value is -2.68. The number of nitrogens with zero attached hydrogens (tertiary/aromatic N) is 5. The predicted molar refractivity (Wildman–Crippen MR) is 64.1 cm³/mol. The second-order valence-electron chi connectivity index (χ2n) is 3.83. The number of amides is 1. The maximum atomic E-state index is 11.7. The molecule has 0 unspecified atom stereocenters. The van der Waals surface area contributed by atoms with Crippen LogP contribution < -0.4 is 0 Å². The Bertz CT molecular complexity index is 623. The van der Waals surface area contributed by atoms with E-state index < -0.39 is 0 Å². The number of rotatable bonds is 2. The molecule has 2 heterocycles. The van der Waals surface area contributed by atoms with Crippen molar-refractivity contribution in [2.24, 2.45) is 0 Å². The molecular weight excluding hydrogens is 230 g/mol. The van der Waals surface area contributed by atoms with E-state index in [1.807, 2.05) is 6.07 Å². The molecule has 18 heavy (non-hydrogen) atoms. The molecule has 0 bridgehead atoms. The topological polar surface area (TPSA) is 74.8 Å². The summed E-state index contributed by atoms with van der Waals surface area (Å²) in [5.41, 5.74) is 0.721. The van der Waals surface area contributed by atoms with Crippen molar-refractivity contribution >= 4 is 5.91 Å². The van der Waals surface area contributed by atoms with Crippen LogP contribution in [0.2, 0.25) is 0 Å². The molecule has 1 amide bonds. The Morgan fingerprint density at radius 1 is 1.44 bits per heavy atom. The molecule has 0 aromatic carbocycles. The highest BCUT2D eigenvalue weighted by Crippen LogP contribution is 2.10. The summed E-state index contributed by atoms with van der Waals surface area (Å²) in [6.07, 6.45) is 3.19. The van der Waals surface area contributed by atoms with Crippen molar-refractivity contribution in [1.82, 2.24) is 19.7 Å². The molecule has 0 fully saturated rings. The largest absolute Gasteiger partial charge is 0.343 e. The third kappa shape index (κ3) is 2.06. The molecule has 2 aromatic rings. The SMILES string of the molecule is CN(C)C(=O)c1ccn(-c2ncccc2C#N)n1. The minimum absolute atomic E-state index is 0.191. The van der Waals surface area contributed by atoms with Crippen LogP contribution >= 0.6 is 0 Å². The second kappa shape index (κ2) is 4.67. The average Bonchev–Trinajstić information content (AvgIpc) is 2.87. The lowest BCUT2D eigenvalue weighted by Crippen LogP contribution is -2.22. The van der Waals surface area contributed by atoms with Crippen molar-refractivity contribution in [3.8, 4) is 11.9 Å². The van der Waals surface area contributed by atoms with E-state index >= 15 is 0 Å². The molecule has 0 saturated carbocycles. The number of hydrogen-bond acceptors (Lipinski definition) is 4. The zero-order chi connectivity index (χ0) is 13.1. The molecule has 0 aliphatic carbocycles. The summed E-state index contributed by atoms with van der Waals surface area (Å²) >= 11 is 0. The Morgan fingerprint density at radius 3 is 2.89 bits per heavy atom. The molecule has 0 aliphatic heterocycles. The van der Waals surface area contributed by atoms with Gasteiger partial charge in [0.05, 0.1) is 5.56 Å². The Kier molecular flexibility index (Phi) is 3.06. The van der Waals surface area contributed by atoms with Crippen LogP contribution in [0.5, 0.6) is 0 Å². The van der Waals surface area contributed by atoms with Gasteiger partial charge in [0.15, 0.2) is 11.5 Å². The van der Waals surface area contributed by atoms with E-state index in [1.54, 1.807) is 44.7 Å². The highest BCUT2D eigenvalue weighted by atomic mass is 16.2. The number of carbonyl (C=O) groups excluding carboxylic acids is 1. The van der Waals surface area contributed by atoms with Crippen molar-refractivity contribution in [3.63, 3.8) is 0 Å². The Labute approximate surface area is 104 Å². The number of hydrogen-bond donors (Lipinski definition) is 0. The summed E-state index contributed by atoms with van der Waals surface area (Å²) in [6, 6.07) is 6.96. The van der Waals surface area contributed by atoms with Gasteiger partial charge >= 0.3 is 0 Å². The van der Waals surface area contributed by atoms with E-state index in [9.17, 15) is 4.79 Å². The zero-order valence-electron chi connectivity index (χ0n) is 10.0. The Morgan fingerprint density at radius 2 is 2.22 bits per heavy atom. The second-order valence-corrected chi connectivity index (χ2v) is 3.83. The van der Waals surface area contributed by atoms with Gasteiger partial charge in [0.2, 0.25) is 0 Å². The van der Waals surface area contributed by atoms with E-state index in [0.29, 0.717) is 17.1 Å². The molecular formula is C12H11N5O. The van der Waals surface area contributed by atoms with Gasteiger partial charge in [0, 0.05) is 26.5 Å². The van der Waals surface area contributed by atoms with Crippen LogP contribution in [-0.2, 0) is 0 Å². The number of aromatic nitrogens is 3. The summed E-state index contributed by atoms with van der Waals surface area (Å²) in [5.74, 6) is 0.223. The number of nitriles is 1. The molecule has 6 nitrogen and oxygen atoms in total. The normalized spacial score (nSPS) is 9.83. The van der Waals surface area contributed by atoms with Gasteiger partial charge in [-0.2, -0.15) is 10.4 Å². The molecule has 90 valence electrons. The van der Waals surface area contributed by atoms with E-state index in [0.717, 1.165) is 0 Å². The maximum Gasteiger partial charge on any atom is 0.273 e. The molecule has 0 radical (unpaired) electrons. The van der Waals surface area contributed by atoms with Crippen molar-refractivity contribution < 1.29 is 4.79 Å². The zero-order valence-corrected chi connectivity index (χ0v) is 10.0. The molecule has 0 saturated heterocycles. The first-order valence-electron chi connectivity index (χ1n) is 5.26. The lowest BCUT2D eigenvalue weighted by Gasteiger charge is -2.07. The summed E-state index contributed by atoms with van der Waals surface area (Å²) in [4.78, 5) is 17.2. The van der Waals surface area contributed by atoms with Crippen LogP contribution in [0, 0.1) is 11.3 Å². The molecule has 6 heteroatoms. The van der Waals surface area contributed by atoms with Gasteiger partial charge in [-0.05, 0) is 18.2 Å². The minimum Gasteiger partial charge on any atom is -0.343 e. The molecule has 2 rings (SSSR count). The fourth-order valence-electron chi connectivity index (χ4n) is 1.45. The molecule has 2 aromatic heterocycles. The molecule has 0 atom stereocenters. The first-order chi connectivity index (χ1) is 8.63. The third-order valence-corrected chi connectivity index (χ3v) is 2.34. The molecule has 0 aliphatic rings. The quantitative estimate of drug-likeness (QED) is 0.780. The highest BCUT2D eigenvalue weighted by molar-refractivity contribution is 5.91. The monoisotopic (exact) mass is 241 g/mol. The number of pyridine rings is 1. The van der Waals surface area contributed by atoms with Crippen molar-refractivity contribution in [1.29, 1.82) is 5.26 Å². The maximum absolute atomic E-state index is 11.7. The standard InChI is InChI=1S/C12H11N5O/c1-16(2)12(18)10-5-7-17(15-10)11-9(8-13)4-3-6-14-11/h3-7H,1-2H3. The highest BCUT2D eigenvalue weighted by Gasteiger charge is 2.13. The average molecular weight is 241 g/mol. The number of carbonyl (C=O) groups is 1. The van der Waals surface area contributed by atoms with Crippen molar-refractivity contribution in [3.05, 3.63) is 41.9 Å². The third-order valence-electron chi connectivity index (χ3n) is 2.34. The van der Waals surface area contributed by atoms with E-state index in [1.165, 1.54) is 9.58 Å². The van der Waals surface area contributed by atoms with Crippen LogP contribution in [0.4, 0.5) is 0 Å². The van der Waals surface area contributed by atoms with Crippen LogP contribution in [0.1, 0.15) is 16.1 Å². The first-order valence-corrected chi connectivity index (χ1v) is 5.26. The van der Waals surface area contributed by atoms with Crippen LogP contribution in [0.15, 0.2) is 30.6 Å². The van der Waals surface area contributed by atoms with Crippen LogP contribution in [-0.4, -0.2) is 39.7 Å². The summed E-state index contributed by atoms with van der Waals surface area (Å²) in [5, 5.41) is 13.1. The fourth-order valence-corrected chi connectivity index (χ4v) is 1.45. The lowest BCUT2D eigenvalue weighted by molar-refractivity contribution is 0.0821. The minimum atomic E-state index is -0.191. The van der Waals surface area contributed by atoms with E-state index in [4.69, 9.17) is 5.26 Å². The smallest absolute Gasteiger partial charge is 0.273 e. The van der Waals surface area contributed by atoms with Crippen molar-refractivity contribution in [2.75, 3.05) is 14.1 Å². The van der Waals surface area contributed by atoms with Gasteiger partial charge in [-0.25, -0.2) is 9.67 Å². The van der Waals surface area contributed by atoms with Gasteiger partial charge < -0.3 is 4.90 Å². The van der Waals surface area contributed by atoms with Gasteiger partial charge in [-0.1, -0.05) is 0 Å². The van der Waals surface area contributed by atoms with E-state index in [-0.39, 0.29) is 5.91 Å². The van der Waals surface area contributed by atoms with Gasteiger partial charge in [-0.15, -0.1) is 0 Å². The lowest BCUT2D eigenvalue weighted by atomic mass is 10.3. The van der Waals surface area contributed by atoms with Gasteiger partial charge in [0.25, 0.3) is 5.91 Å². The molecule has 0 N–H and O–H groups in total. The summed E-state index contributed by atoms with van der Waals surface area (Å²) in [6.45, 7) is 0. The van der Waals surface area contributed by atoms with E-state index in [2.05, 4.69) is 10.1 Å². The summed E-state index contributed by atoms with van der Waals surface area (Å²) < 4.78 is 1.43. The van der Waals surface area contributed by atoms with Gasteiger partial charge in [0.1, 0.15) is 6.07 Å². The van der Waals surface area contributed by atoms with Gasteiger partial charge in [-0.3, -0.25) is 4.79 Å².